The molecule has 0 aromatic rings. The molecule has 14 nitrogen and oxygen atoms in total. The third kappa shape index (κ3) is 12.1. The number of rotatable bonds is 16. The zero-order valence-corrected chi connectivity index (χ0v) is 19.4. The minimum absolute atomic E-state index is 0.0697. The number of aliphatic carboxylic acids is 2. The molecule has 0 aliphatic carbocycles. The van der Waals surface area contributed by atoms with Gasteiger partial charge in [0.2, 0.25) is 23.6 Å². The van der Waals surface area contributed by atoms with Gasteiger partial charge in [0.05, 0.1) is 12.1 Å². The molecule has 0 saturated carbocycles. The number of amides is 4. The Morgan fingerprint density at radius 1 is 0.794 bits per heavy atom. The summed E-state index contributed by atoms with van der Waals surface area (Å²) in [6, 6.07) is -5.49. The summed E-state index contributed by atoms with van der Waals surface area (Å²) >= 11 is 0. The normalized spacial score (nSPS) is 15.4. The molecule has 14 heteroatoms. The highest BCUT2D eigenvalue weighted by Gasteiger charge is 2.33. The van der Waals surface area contributed by atoms with Gasteiger partial charge in [-0.15, -0.1) is 0 Å². The van der Waals surface area contributed by atoms with Gasteiger partial charge in [0.1, 0.15) is 18.1 Å². The van der Waals surface area contributed by atoms with Crippen LogP contribution in [0.3, 0.4) is 0 Å². The first kappa shape index (κ1) is 30.7. The van der Waals surface area contributed by atoms with Crippen molar-refractivity contribution < 1.29 is 44.1 Å². The van der Waals surface area contributed by atoms with Crippen LogP contribution in [-0.4, -0.2) is 81.2 Å². The Kier molecular flexibility index (Phi) is 13.4. The lowest BCUT2D eigenvalue weighted by Crippen LogP contribution is -2.60. The summed E-state index contributed by atoms with van der Waals surface area (Å²) in [6.07, 6.45) is -2.52. The highest BCUT2D eigenvalue weighted by molar-refractivity contribution is 5.94. The number of primary amides is 1. The standard InChI is InChI=1S/C20H35N5O9/c1-9(2)8-13(20(33)34)24-19(32)16(10(3)26)25-18(31)12(5-6-14(22)27)23-17(30)11(21)4-7-15(28)29/h9-13,16,26H,4-8,21H2,1-3H3,(H2,22,27)(H,23,30)(H,24,32)(H,25,31)(H,28,29)(H,33,34). The smallest absolute Gasteiger partial charge is 0.326 e. The largest absolute Gasteiger partial charge is 0.481 e. The van der Waals surface area contributed by atoms with Crippen LogP contribution in [0.15, 0.2) is 0 Å². The average molecular weight is 490 g/mol. The van der Waals surface area contributed by atoms with E-state index in [4.69, 9.17) is 16.6 Å². The summed E-state index contributed by atoms with van der Waals surface area (Å²) < 4.78 is 0. The number of aliphatic hydroxyl groups is 1. The van der Waals surface area contributed by atoms with Gasteiger partial charge in [-0.1, -0.05) is 13.8 Å². The maximum atomic E-state index is 12.8. The number of carboxylic acids is 2. The Morgan fingerprint density at radius 2 is 1.35 bits per heavy atom. The molecule has 10 N–H and O–H groups in total. The third-order valence-electron chi connectivity index (χ3n) is 4.70. The minimum atomic E-state index is -1.57. The van der Waals surface area contributed by atoms with Gasteiger partial charge >= 0.3 is 11.9 Å². The summed E-state index contributed by atoms with van der Waals surface area (Å²) in [5.41, 5.74) is 10.7. The van der Waals surface area contributed by atoms with E-state index in [1.165, 1.54) is 6.92 Å². The van der Waals surface area contributed by atoms with Crippen molar-refractivity contribution >= 4 is 35.6 Å². The van der Waals surface area contributed by atoms with Gasteiger partial charge in [-0.3, -0.25) is 24.0 Å². The van der Waals surface area contributed by atoms with E-state index in [9.17, 15) is 39.0 Å². The molecule has 4 amide bonds. The number of carbonyl (C=O) groups excluding carboxylic acids is 4. The fourth-order valence-corrected chi connectivity index (χ4v) is 2.86. The Balaban J connectivity index is 5.47. The molecule has 5 unspecified atom stereocenters. The van der Waals surface area contributed by atoms with Crippen molar-refractivity contribution in [3.05, 3.63) is 0 Å². The van der Waals surface area contributed by atoms with Crippen molar-refractivity contribution in [1.29, 1.82) is 0 Å². The molecule has 0 aliphatic heterocycles. The van der Waals surface area contributed by atoms with Crippen LogP contribution >= 0.6 is 0 Å². The molecule has 0 saturated heterocycles. The molecule has 0 aromatic carbocycles. The number of carbonyl (C=O) groups is 6. The Hall–Kier alpha value is -3.26. The van der Waals surface area contributed by atoms with Gasteiger partial charge in [0.25, 0.3) is 0 Å². The maximum absolute atomic E-state index is 12.8. The number of nitrogens with one attached hydrogen (secondary N) is 3. The van der Waals surface area contributed by atoms with E-state index in [1.54, 1.807) is 13.8 Å². The van der Waals surface area contributed by atoms with Gasteiger partial charge in [-0.2, -0.15) is 0 Å². The van der Waals surface area contributed by atoms with E-state index < -0.39 is 72.3 Å². The summed E-state index contributed by atoms with van der Waals surface area (Å²) in [6.45, 7) is 4.70. The molecule has 0 fully saturated rings. The summed E-state index contributed by atoms with van der Waals surface area (Å²) in [5, 5.41) is 34.8. The van der Waals surface area contributed by atoms with Crippen LogP contribution in [0.4, 0.5) is 0 Å². The van der Waals surface area contributed by atoms with Crippen molar-refractivity contribution in [3.63, 3.8) is 0 Å². The van der Waals surface area contributed by atoms with Crippen molar-refractivity contribution in [3.8, 4) is 0 Å². The van der Waals surface area contributed by atoms with Crippen molar-refractivity contribution in [2.75, 3.05) is 0 Å². The summed E-state index contributed by atoms with van der Waals surface area (Å²) in [7, 11) is 0. The minimum Gasteiger partial charge on any atom is -0.481 e. The number of hydrogen-bond acceptors (Lipinski definition) is 8. The fourth-order valence-electron chi connectivity index (χ4n) is 2.86. The van der Waals surface area contributed by atoms with Crippen LogP contribution in [0.25, 0.3) is 0 Å². The summed E-state index contributed by atoms with van der Waals surface area (Å²) in [5.74, 6) is -6.10. The van der Waals surface area contributed by atoms with Gasteiger partial charge < -0.3 is 42.7 Å². The van der Waals surface area contributed by atoms with E-state index in [1.807, 2.05) is 0 Å². The average Bonchev–Trinajstić information content (AvgIpc) is 2.71. The van der Waals surface area contributed by atoms with Crippen LogP contribution < -0.4 is 27.4 Å². The molecule has 0 rings (SSSR count). The number of nitrogens with two attached hydrogens (primary N) is 2. The zero-order chi connectivity index (χ0) is 26.6. The molecule has 0 spiro atoms. The zero-order valence-electron chi connectivity index (χ0n) is 19.4. The quantitative estimate of drug-likeness (QED) is 0.112. The second-order valence-electron chi connectivity index (χ2n) is 8.36. The predicted molar refractivity (Wildman–Crippen MR) is 118 cm³/mol. The van der Waals surface area contributed by atoms with E-state index in [0.29, 0.717) is 0 Å². The SMILES string of the molecule is CC(C)CC(NC(=O)C(NC(=O)C(CCC(N)=O)NC(=O)C(N)CCC(=O)O)C(C)O)C(=O)O. The molecule has 5 atom stereocenters. The molecule has 194 valence electrons. The van der Waals surface area contributed by atoms with E-state index >= 15 is 0 Å². The molecule has 0 bridgehead atoms. The predicted octanol–water partition coefficient (Wildman–Crippen LogP) is -2.59. The van der Waals surface area contributed by atoms with Crippen LogP contribution in [-0.2, 0) is 28.8 Å². The van der Waals surface area contributed by atoms with Crippen molar-refractivity contribution in [2.24, 2.45) is 17.4 Å². The first-order chi connectivity index (χ1) is 15.6. The molecule has 0 radical (unpaired) electrons. The monoisotopic (exact) mass is 489 g/mol. The lowest BCUT2D eigenvalue weighted by molar-refractivity contribution is -0.143. The van der Waals surface area contributed by atoms with Crippen LogP contribution in [0.5, 0.6) is 0 Å². The molecule has 34 heavy (non-hydrogen) atoms. The maximum Gasteiger partial charge on any atom is 0.326 e. The second kappa shape index (κ2) is 14.8. The number of carboxylic acid groups (broad SMARTS) is 2. The number of hydrogen-bond donors (Lipinski definition) is 8. The Labute approximate surface area is 196 Å². The van der Waals surface area contributed by atoms with Crippen LogP contribution in [0, 0.1) is 5.92 Å². The van der Waals surface area contributed by atoms with Crippen molar-refractivity contribution in [1.82, 2.24) is 16.0 Å². The van der Waals surface area contributed by atoms with Gasteiger partial charge in [0, 0.05) is 12.8 Å². The highest BCUT2D eigenvalue weighted by Crippen LogP contribution is 2.07. The Bertz CT molecular complexity index is 757. The first-order valence-electron chi connectivity index (χ1n) is 10.7. The second-order valence-corrected chi connectivity index (χ2v) is 8.36. The van der Waals surface area contributed by atoms with Gasteiger partial charge in [0.15, 0.2) is 0 Å². The van der Waals surface area contributed by atoms with Crippen LogP contribution in [0.2, 0.25) is 0 Å². The number of aliphatic hydroxyl groups excluding tert-OH is 1. The Morgan fingerprint density at radius 3 is 1.79 bits per heavy atom. The van der Waals surface area contributed by atoms with Gasteiger partial charge in [-0.05, 0) is 32.1 Å². The molecule has 0 aromatic heterocycles. The van der Waals surface area contributed by atoms with E-state index in [-0.39, 0.29) is 31.6 Å². The third-order valence-corrected chi connectivity index (χ3v) is 4.70. The molecular weight excluding hydrogens is 454 g/mol. The summed E-state index contributed by atoms with van der Waals surface area (Å²) in [4.78, 5) is 70.9. The highest BCUT2D eigenvalue weighted by atomic mass is 16.4. The lowest BCUT2D eigenvalue weighted by atomic mass is 10.0. The molecule has 0 aliphatic rings. The topological polar surface area (TPSA) is 251 Å². The molecule has 0 heterocycles. The van der Waals surface area contributed by atoms with Crippen LogP contribution in [0.1, 0.15) is 52.9 Å². The van der Waals surface area contributed by atoms with Crippen molar-refractivity contribution in [2.45, 2.75) is 83.1 Å². The lowest BCUT2D eigenvalue weighted by Gasteiger charge is -2.26. The first-order valence-corrected chi connectivity index (χ1v) is 10.7. The fraction of sp³-hybridized carbons (Fsp3) is 0.700. The van der Waals surface area contributed by atoms with E-state index in [0.717, 1.165) is 0 Å². The van der Waals surface area contributed by atoms with E-state index in [2.05, 4.69) is 16.0 Å². The van der Waals surface area contributed by atoms with Gasteiger partial charge in [-0.25, -0.2) is 4.79 Å². The molecular formula is C20H35N5O9.